The number of carbonyl (C=O) groups excluding carboxylic acids is 2. The zero-order valence-electron chi connectivity index (χ0n) is 17.6. The minimum absolute atomic E-state index is 0.183. The van der Waals surface area contributed by atoms with E-state index in [1.54, 1.807) is 60.7 Å². The van der Waals surface area contributed by atoms with Gasteiger partial charge in [-0.25, -0.2) is 4.39 Å². The number of rotatable bonds is 6. The molecule has 1 N–H and O–H groups in total. The van der Waals surface area contributed by atoms with Gasteiger partial charge in [0.2, 0.25) is 0 Å². The summed E-state index contributed by atoms with van der Waals surface area (Å²) < 4.78 is 24.5. The van der Waals surface area contributed by atoms with Crippen LogP contribution in [-0.4, -0.2) is 24.1 Å². The maximum atomic E-state index is 13.4. The molecule has 4 rings (SSSR count). The highest BCUT2D eigenvalue weighted by atomic mass is 32.2. The van der Waals surface area contributed by atoms with Crippen molar-refractivity contribution in [3.8, 4) is 11.5 Å². The number of hydrogen-bond acceptors (Lipinski definition) is 5. The molecule has 0 atom stereocenters. The van der Waals surface area contributed by atoms with Crippen LogP contribution in [0.15, 0.2) is 82.7 Å². The standard InChI is InChI=1S/C25H19FN2O4S/c1-31-21-13-16(10-11-20(21)32-15-17-6-5-9-19(26)12-17)14-22-24(30)28-25(33-22)27-23(29)18-7-3-2-4-8-18/h2-14H,15H2,1H3,(H,27,28,29,30)/b22-14-. The van der Waals surface area contributed by atoms with Crippen molar-refractivity contribution in [2.24, 2.45) is 4.99 Å². The number of nitrogens with one attached hydrogen (secondary N) is 1. The Labute approximate surface area is 194 Å². The lowest BCUT2D eigenvalue weighted by atomic mass is 10.2. The van der Waals surface area contributed by atoms with Gasteiger partial charge in [-0.05, 0) is 65.4 Å². The highest BCUT2D eigenvalue weighted by molar-refractivity contribution is 8.18. The molecular formula is C25H19FN2O4S. The molecule has 0 bridgehead atoms. The summed E-state index contributed by atoms with van der Waals surface area (Å²) in [5.41, 5.74) is 1.84. The highest BCUT2D eigenvalue weighted by Gasteiger charge is 2.25. The van der Waals surface area contributed by atoms with E-state index in [9.17, 15) is 14.0 Å². The number of benzene rings is 3. The van der Waals surface area contributed by atoms with Crippen molar-refractivity contribution in [3.63, 3.8) is 0 Å². The first-order valence-electron chi connectivity index (χ1n) is 9.96. The Morgan fingerprint density at radius 3 is 2.64 bits per heavy atom. The SMILES string of the molecule is COc1cc(/C=C2\SC(=NC(=O)c3ccccc3)NC2=O)ccc1OCc1cccc(F)c1. The second-order valence-corrected chi connectivity index (χ2v) is 8.01. The van der Waals surface area contributed by atoms with Crippen molar-refractivity contribution in [1.82, 2.24) is 5.32 Å². The predicted octanol–water partition coefficient (Wildman–Crippen LogP) is 4.81. The number of amides is 2. The quantitative estimate of drug-likeness (QED) is 0.532. The lowest BCUT2D eigenvalue weighted by Gasteiger charge is -2.11. The predicted molar refractivity (Wildman–Crippen MR) is 126 cm³/mol. The summed E-state index contributed by atoms with van der Waals surface area (Å²) in [6.07, 6.45) is 1.67. The minimum Gasteiger partial charge on any atom is -0.493 e. The zero-order chi connectivity index (χ0) is 23.2. The van der Waals surface area contributed by atoms with Crippen LogP contribution in [0.5, 0.6) is 11.5 Å². The molecule has 3 aromatic carbocycles. The molecule has 33 heavy (non-hydrogen) atoms. The number of carbonyl (C=O) groups is 2. The molecule has 166 valence electrons. The number of methoxy groups -OCH3 is 1. The number of amidine groups is 1. The van der Waals surface area contributed by atoms with Gasteiger partial charge in [0.05, 0.1) is 12.0 Å². The molecule has 2 amide bonds. The van der Waals surface area contributed by atoms with E-state index in [4.69, 9.17) is 9.47 Å². The number of thioether (sulfide) groups is 1. The summed E-state index contributed by atoms with van der Waals surface area (Å²) in [5.74, 6) is -0.141. The van der Waals surface area contributed by atoms with Crippen LogP contribution in [0.3, 0.4) is 0 Å². The van der Waals surface area contributed by atoms with Crippen LogP contribution in [0, 0.1) is 5.82 Å². The van der Waals surface area contributed by atoms with Crippen LogP contribution < -0.4 is 14.8 Å². The first-order valence-corrected chi connectivity index (χ1v) is 10.8. The van der Waals surface area contributed by atoms with Gasteiger partial charge in [0.15, 0.2) is 16.7 Å². The Morgan fingerprint density at radius 2 is 1.88 bits per heavy atom. The van der Waals surface area contributed by atoms with Crippen LogP contribution in [-0.2, 0) is 11.4 Å². The third-order valence-electron chi connectivity index (χ3n) is 4.64. The van der Waals surface area contributed by atoms with Gasteiger partial charge in [-0.3, -0.25) is 9.59 Å². The van der Waals surface area contributed by atoms with Crippen molar-refractivity contribution < 1.29 is 23.5 Å². The highest BCUT2D eigenvalue weighted by Crippen LogP contribution is 2.32. The third kappa shape index (κ3) is 5.67. The van der Waals surface area contributed by atoms with E-state index in [2.05, 4.69) is 10.3 Å². The van der Waals surface area contributed by atoms with Gasteiger partial charge in [0.25, 0.3) is 11.8 Å². The molecule has 0 saturated carbocycles. The van der Waals surface area contributed by atoms with Gasteiger partial charge in [0, 0.05) is 5.56 Å². The Balaban J connectivity index is 1.47. The lowest BCUT2D eigenvalue weighted by Crippen LogP contribution is -2.20. The van der Waals surface area contributed by atoms with Gasteiger partial charge in [-0.1, -0.05) is 36.4 Å². The number of hydrogen-bond donors (Lipinski definition) is 1. The monoisotopic (exact) mass is 462 g/mol. The van der Waals surface area contributed by atoms with E-state index >= 15 is 0 Å². The molecule has 1 aliphatic heterocycles. The number of halogens is 1. The molecule has 8 heteroatoms. The minimum atomic E-state index is -0.430. The fourth-order valence-electron chi connectivity index (χ4n) is 3.05. The van der Waals surface area contributed by atoms with Crippen LogP contribution in [0.2, 0.25) is 0 Å². The molecule has 1 fully saturated rings. The van der Waals surface area contributed by atoms with Crippen molar-refractivity contribution in [1.29, 1.82) is 0 Å². The Kier molecular flexibility index (Phi) is 6.85. The molecule has 1 aliphatic rings. The summed E-state index contributed by atoms with van der Waals surface area (Å²) in [6, 6.07) is 20.0. The summed E-state index contributed by atoms with van der Waals surface area (Å²) in [6.45, 7) is 0.183. The number of aliphatic imine (C=N–C) groups is 1. The molecule has 0 aromatic heterocycles. The zero-order valence-corrected chi connectivity index (χ0v) is 18.4. The van der Waals surface area contributed by atoms with E-state index in [1.165, 1.54) is 19.2 Å². The van der Waals surface area contributed by atoms with Crippen LogP contribution in [0.4, 0.5) is 4.39 Å². The lowest BCUT2D eigenvalue weighted by molar-refractivity contribution is -0.115. The van der Waals surface area contributed by atoms with Crippen LogP contribution in [0.25, 0.3) is 6.08 Å². The first-order chi connectivity index (χ1) is 16.0. The topological polar surface area (TPSA) is 77.0 Å². The number of ether oxygens (including phenoxy) is 2. The molecule has 0 aliphatic carbocycles. The maximum absolute atomic E-state index is 13.4. The van der Waals surface area contributed by atoms with E-state index < -0.39 is 5.91 Å². The fourth-order valence-corrected chi connectivity index (χ4v) is 3.87. The van der Waals surface area contributed by atoms with Crippen molar-refractivity contribution in [2.75, 3.05) is 7.11 Å². The normalized spacial score (nSPS) is 15.5. The van der Waals surface area contributed by atoms with E-state index in [1.807, 2.05) is 6.07 Å². The van der Waals surface area contributed by atoms with Crippen molar-refractivity contribution >= 4 is 34.8 Å². The Morgan fingerprint density at radius 1 is 1.06 bits per heavy atom. The van der Waals surface area contributed by atoms with E-state index in [-0.39, 0.29) is 23.5 Å². The fraction of sp³-hybridized carbons (Fsp3) is 0.0800. The second kappa shape index (κ2) is 10.1. The summed E-state index contributed by atoms with van der Waals surface area (Å²) in [5, 5.41) is 2.83. The van der Waals surface area contributed by atoms with Gasteiger partial charge < -0.3 is 14.8 Å². The van der Waals surface area contributed by atoms with E-state index in [0.717, 1.165) is 11.8 Å². The first kappa shape index (κ1) is 22.3. The molecule has 1 heterocycles. The smallest absolute Gasteiger partial charge is 0.279 e. The molecule has 0 radical (unpaired) electrons. The molecular weight excluding hydrogens is 443 g/mol. The van der Waals surface area contributed by atoms with Gasteiger partial charge in [-0.15, -0.1) is 0 Å². The largest absolute Gasteiger partial charge is 0.493 e. The van der Waals surface area contributed by atoms with Crippen molar-refractivity contribution in [3.05, 3.63) is 100 Å². The Bertz CT molecular complexity index is 1260. The summed E-state index contributed by atoms with van der Waals surface area (Å²) >= 11 is 1.09. The summed E-state index contributed by atoms with van der Waals surface area (Å²) in [4.78, 5) is 29.0. The number of nitrogens with zero attached hydrogens (tertiary/aromatic N) is 1. The van der Waals surface area contributed by atoms with Gasteiger partial charge in [0.1, 0.15) is 12.4 Å². The molecule has 0 spiro atoms. The summed E-state index contributed by atoms with van der Waals surface area (Å²) in [7, 11) is 1.51. The van der Waals surface area contributed by atoms with Crippen LogP contribution >= 0.6 is 11.8 Å². The molecule has 3 aromatic rings. The van der Waals surface area contributed by atoms with Crippen molar-refractivity contribution in [2.45, 2.75) is 6.61 Å². The van der Waals surface area contributed by atoms with Gasteiger partial charge >= 0.3 is 0 Å². The third-order valence-corrected chi connectivity index (χ3v) is 5.55. The molecule has 1 saturated heterocycles. The second-order valence-electron chi connectivity index (χ2n) is 6.98. The maximum Gasteiger partial charge on any atom is 0.279 e. The molecule has 0 unspecified atom stereocenters. The average Bonchev–Trinajstić information content (AvgIpc) is 3.16. The Hall–Kier alpha value is -3.91. The average molecular weight is 463 g/mol. The molecule has 6 nitrogen and oxygen atoms in total. The van der Waals surface area contributed by atoms with Crippen LogP contribution in [0.1, 0.15) is 21.5 Å². The van der Waals surface area contributed by atoms with E-state index in [0.29, 0.717) is 33.1 Å². The van der Waals surface area contributed by atoms with Gasteiger partial charge in [-0.2, -0.15) is 4.99 Å².